The van der Waals surface area contributed by atoms with Crippen molar-refractivity contribution in [3.8, 4) is 5.75 Å². The normalized spacial score (nSPS) is 10.2. The maximum atomic E-state index is 13.0. The summed E-state index contributed by atoms with van der Waals surface area (Å²) in [4.78, 5) is 0. The van der Waals surface area contributed by atoms with Gasteiger partial charge < -0.3 is 15.4 Å². The van der Waals surface area contributed by atoms with Gasteiger partial charge in [0.1, 0.15) is 11.6 Å². The molecule has 0 aliphatic heterocycles. The quantitative estimate of drug-likeness (QED) is 0.815. The third-order valence-corrected chi connectivity index (χ3v) is 3.73. The second-order valence-corrected chi connectivity index (χ2v) is 5.54. The number of benzene rings is 2. The van der Waals surface area contributed by atoms with Gasteiger partial charge in [-0.2, -0.15) is 0 Å². The highest BCUT2D eigenvalue weighted by Gasteiger charge is 2.05. The van der Waals surface area contributed by atoms with Crippen LogP contribution in [0.5, 0.6) is 5.75 Å². The maximum Gasteiger partial charge on any atom is 0.171 e. The lowest BCUT2D eigenvalue weighted by Crippen LogP contribution is -2.28. The number of hydrogen-bond acceptors (Lipinski definition) is 2. The van der Waals surface area contributed by atoms with Gasteiger partial charge in [0.15, 0.2) is 5.11 Å². The lowest BCUT2D eigenvalue weighted by atomic mass is 10.2. The molecule has 2 aromatic carbocycles. The van der Waals surface area contributed by atoms with E-state index in [0.717, 1.165) is 22.6 Å². The van der Waals surface area contributed by atoms with Crippen molar-refractivity contribution in [2.45, 2.75) is 13.5 Å². The van der Waals surface area contributed by atoms with E-state index in [4.69, 9.17) is 28.6 Å². The highest BCUT2D eigenvalue weighted by Crippen LogP contribution is 2.21. The maximum absolute atomic E-state index is 13.0. The van der Waals surface area contributed by atoms with Gasteiger partial charge in [-0.25, -0.2) is 4.39 Å². The van der Waals surface area contributed by atoms with E-state index in [1.165, 1.54) is 12.1 Å². The number of ether oxygens (including phenoxy) is 1. The zero-order valence-electron chi connectivity index (χ0n) is 12.2. The Morgan fingerprint density at radius 1 is 1.27 bits per heavy atom. The summed E-state index contributed by atoms with van der Waals surface area (Å²) in [6, 6.07) is 9.95. The lowest BCUT2D eigenvalue weighted by Gasteiger charge is -2.14. The molecule has 0 fully saturated rings. The minimum atomic E-state index is -0.358. The molecule has 0 amide bonds. The van der Waals surface area contributed by atoms with E-state index in [1.54, 1.807) is 13.2 Å². The number of hydrogen-bond donors (Lipinski definition) is 2. The summed E-state index contributed by atoms with van der Waals surface area (Å²) in [5.41, 5.74) is 2.69. The molecule has 0 aromatic heterocycles. The summed E-state index contributed by atoms with van der Waals surface area (Å²) < 4.78 is 18.1. The number of anilines is 1. The standard InChI is InChI=1S/C16H16ClFN2OS/c1-10-7-13(21-2)5-6-15(10)20-16(22)19-9-11-3-4-12(18)8-14(11)17/h3-8H,9H2,1-2H3,(H2,19,20,22). The van der Waals surface area contributed by atoms with Gasteiger partial charge in [0.25, 0.3) is 0 Å². The molecule has 0 heterocycles. The first-order chi connectivity index (χ1) is 10.5. The van der Waals surface area contributed by atoms with Gasteiger partial charge in [-0.15, -0.1) is 0 Å². The van der Waals surface area contributed by atoms with E-state index in [2.05, 4.69) is 10.6 Å². The average molecular weight is 339 g/mol. The van der Waals surface area contributed by atoms with Crippen LogP contribution < -0.4 is 15.4 Å². The van der Waals surface area contributed by atoms with Crippen LogP contribution in [0.2, 0.25) is 5.02 Å². The number of rotatable bonds is 4. The summed E-state index contributed by atoms with van der Waals surface area (Å²) in [7, 11) is 1.63. The second kappa shape index (κ2) is 7.42. The molecule has 0 aliphatic carbocycles. The van der Waals surface area contributed by atoms with Crippen molar-refractivity contribution in [1.29, 1.82) is 0 Å². The van der Waals surface area contributed by atoms with Gasteiger partial charge in [-0.3, -0.25) is 0 Å². The van der Waals surface area contributed by atoms with Crippen molar-refractivity contribution >= 4 is 34.6 Å². The zero-order chi connectivity index (χ0) is 16.1. The van der Waals surface area contributed by atoms with Crippen molar-refractivity contribution < 1.29 is 9.13 Å². The first-order valence-electron chi connectivity index (χ1n) is 6.63. The summed E-state index contributed by atoms with van der Waals surface area (Å²) in [6.07, 6.45) is 0. The molecule has 0 unspecified atom stereocenters. The Hall–Kier alpha value is -1.85. The molecule has 2 aromatic rings. The van der Waals surface area contributed by atoms with Crippen molar-refractivity contribution in [2.75, 3.05) is 12.4 Å². The third-order valence-electron chi connectivity index (χ3n) is 3.14. The van der Waals surface area contributed by atoms with Crippen LogP contribution in [0.1, 0.15) is 11.1 Å². The Kier molecular flexibility index (Phi) is 5.57. The molecule has 0 spiro atoms. The highest BCUT2D eigenvalue weighted by atomic mass is 35.5. The van der Waals surface area contributed by atoms with Crippen LogP contribution in [-0.4, -0.2) is 12.2 Å². The van der Waals surface area contributed by atoms with Crippen molar-refractivity contribution in [2.24, 2.45) is 0 Å². The molecule has 0 bridgehead atoms. The Morgan fingerprint density at radius 3 is 2.68 bits per heavy atom. The van der Waals surface area contributed by atoms with Crippen LogP contribution in [-0.2, 0) is 6.54 Å². The van der Waals surface area contributed by atoms with E-state index in [0.29, 0.717) is 16.7 Å². The van der Waals surface area contributed by atoms with Crippen molar-refractivity contribution in [3.63, 3.8) is 0 Å². The average Bonchev–Trinajstić information content (AvgIpc) is 2.48. The number of thiocarbonyl (C=S) groups is 1. The largest absolute Gasteiger partial charge is 0.497 e. The van der Waals surface area contributed by atoms with E-state index < -0.39 is 0 Å². The van der Waals surface area contributed by atoms with Crippen molar-refractivity contribution in [3.05, 3.63) is 58.4 Å². The highest BCUT2D eigenvalue weighted by molar-refractivity contribution is 7.80. The van der Waals surface area contributed by atoms with Crippen molar-refractivity contribution in [1.82, 2.24) is 5.32 Å². The van der Waals surface area contributed by atoms with Crippen LogP contribution in [0, 0.1) is 12.7 Å². The molecule has 0 atom stereocenters. The van der Waals surface area contributed by atoms with Gasteiger partial charge >= 0.3 is 0 Å². The molecular weight excluding hydrogens is 323 g/mol. The summed E-state index contributed by atoms with van der Waals surface area (Å²) in [5, 5.41) is 6.99. The van der Waals surface area contributed by atoms with Gasteiger partial charge in [-0.1, -0.05) is 17.7 Å². The molecule has 3 nitrogen and oxygen atoms in total. The monoisotopic (exact) mass is 338 g/mol. The van der Waals surface area contributed by atoms with Crippen LogP contribution >= 0.6 is 23.8 Å². The first kappa shape index (κ1) is 16.5. The van der Waals surface area contributed by atoms with E-state index >= 15 is 0 Å². The third kappa shape index (κ3) is 4.32. The minimum absolute atomic E-state index is 0.358. The Labute approximate surface area is 139 Å². The topological polar surface area (TPSA) is 33.3 Å². The van der Waals surface area contributed by atoms with E-state index in [-0.39, 0.29) is 5.82 Å². The summed E-state index contributed by atoms with van der Waals surface area (Å²) >= 11 is 11.2. The lowest BCUT2D eigenvalue weighted by molar-refractivity contribution is 0.414. The predicted molar refractivity (Wildman–Crippen MR) is 92.2 cm³/mol. The molecule has 2 N–H and O–H groups in total. The Balaban J connectivity index is 1.95. The SMILES string of the molecule is COc1ccc(NC(=S)NCc2ccc(F)cc2Cl)c(C)c1. The molecule has 0 aliphatic rings. The fourth-order valence-electron chi connectivity index (χ4n) is 1.91. The van der Waals surface area contributed by atoms with Gasteiger partial charge in [-0.05, 0) is 60.6 Å². The minimum Gasteiger partial charge on any atom is -0.497 e. The number of methoxy groups -OCH3 is 1. The Bertz CT molecular complexity index is 694. The number of nitrogens with one attached hydrogen (secondary N) is 2. The first-order valence-corrected chi connectivity index (χ1v) is 7.41. The fourth-order valence-corrected chi connectivity index (χ4v) is 2.33. The molecule has 0 radical (unpaired) electrons. The molecular formula is C16H16ClFN2OS. The number of aryl methyl sites for hydroxylation is 1. The fraction of sp³-hybridized carbons (Fsp3) is 0.188. The van der Waals surface area contributed by atoms with Crippen LogP contribution in [0.3, 0.4) is 0 Å². The molecule has 22 heavy (non-hydrogen) atoms. The Morgan fingerprint density at radius 2 is 2.05 bits per heavy atom. The molecule has 0 saturated carbocycles. The summed E-state index contributed by atoms with van der Waals surface area (Å²) in [5.74, 6) is 0.434. The predicted octanol–water partition coefficient (Wildman–Crippen LogP) is 4.28. The van der Waals surface area contributed by atoms with Crippen LogP contribution in [0.25, 0.3) is 0 Å². The van der Waals surface area contributed by atoms with Crippen LogP contribution in [0.4, 0.5) is 10.1 Å². The zero-order valence-corrected chi connectivity index (χ0v) is 13.8. The van der Waals surface area contributed by atoms with E-state index in [1.807, 2.05) is 25.1 Å². The second-order valence-electron chi connectivity index (χ2n) is 4.72. The van der Waals surface area contributed by atoms with Gasteiger partial charge in [0.05, 0.1) is 7.11 Å². The smallest absolute Gasteiger partial charge is 0.171 e. The number of halogens is 2. The summed E-state index contributed by atoms with van der Waals surface area (Å²) in [6.45, 7) is 2.38. The van der Waals surface area contributed by atoms with E-state index in [9.17, 15) is 4.39 Å². The molecule has 116 valence electrons. The molecule has 0 saturated heterocycles. The molecule has 6 heteroatoms. The van der Waals surface area contributed by atoms with Gasteiger partial charge in [0, 0.05) is 17.3 Å². The molecule has 2 rings (SSSR count). The van der Waals surface area contributed by atoms with Gasteiger partial charge in [0.2, 0.25) is 0 Å². The van der Waals surface area contributed by atoms with Crippen LogP contribution in [0.15, 0.2) is 36.4 Å².